The Hall–Kier alpha value is -3.31. The molecule has 6 rings (SSSR count). The van der Waals surface area contributed by atoms with Crippen LogP contribution in [0.5, 0.6) is 5.88 Å². The highest BCUT2D eigenvalue weighted by atomic mass is 28.3. The summed E-state index contributed by atoms with van der Waals surface area (Å²) in [5, 5.41) is 34.8. The van der Waals surface area contributed by atoms with Crippen molar-refractivity contribution in [3.05, 3.63) is 72.6 Å². The SMILES string of the molecule is C[Si](C)(c1ccccc1)[C@H]1C[C@H](n2cnc3c(OCc4ccccc4)nc(N)nc32)[C@@]2(O)[C@H]1[C@]2(O)CO. The highest BCUT2D eigenvalue weighted by molar-refractivity contribution is 6.91. The van der Waals surface area contributed by atoms with Crippen molar-refractivity contribution >= 4 is 30.4 Å². The molecule has 5 atom stereocenters. The van der Waals surface area contributed by atoms with Gasteiger partial charge in [0.05, 0.1) is 27.0 Å². The highest BCUT2D eigenvalue weighted by Crippen LogP contribution is 2.74. The summed E-state index contributed by atoms with van der Waals surface area (Å²) in [6.07, 6.45) is 2.22. The fraction of sp³-hybridized carbons (Fsp3) is 0.370. The van der Waals surface area contributed by atoms with Gasteiger partial charge in [-0.2, -0.15) is 9.97 Å². The predicted octanol–water partition coefficient (Wildman–Crippen LogP) is 2.00. The van der Waals surface area contributed by atoms with Gasteiger partial charge in [0.1, 0.15) is 17.8 Å². The zero-order valence-corrected chi connectivity index (χ0v) is 21.8. The van der Waals surface area contributed by atoms with E-state index in [2.05, 4.69) is 40.2 Å². The van der Waals surface area contributed by atoms with Crippen molar-refractivity contribution in [2.24, 2.45) is 5.92 Å². The number of nitrogen functional groups attached to an aromatic ring is 1. The minimum atomic E-state index is -2.16. The lowest BCUT2D eigenvalue weighted by molar-refractivity contribution is -0.0415. The van der Waals surface area contributed by atoms with E-state index < -0.39 is 37.8 Å². The number of rotatable bonds is 7. The molecule has 2 aromatic heterocycles. The second-order valence-electron chi connectivity index (χ2n) is 10.8. The Balaban J connectivity index is 1.39. The Kier molecular flexibility index (Phi) is 5.43. The van der Waals surface area contributed by atoms with Gasteiger partial charge in [-0.1, -0.05) is 78.9 Å². The number of benzene rings is 2. The first-order valence-electron chi connectivity index (χ1n) is 12.5. The first kappa shape index (κ1) is 24.0. The van der Waals surface area contributed by atoms with Crippen LogP contribution >= 0.6 is 0 Å². The van der Waals surface area contributed by atoms with E-state index in [9.17, 15) is 15.3 Å². The van der Waals surface area contributed by atoms with Gasteiger partial charge in [-0.25, -0.2) is 4.98 Å². The molecular weight excluding hydrogens is 486 g/mol. The molecule has 0 amide bonds. The predicted molar refractivity (Wildman–Crippen MR) is 142 cm³/mol. The van der Waals surface area contributed by atoms with Crippen molar-refractivity contribution in [3.63, 3.8) is 0 Å². The van der Waals surface area contributed by atoms with E-state index in [-0.39, 0.29) is 24.0 Å². The van der Waals surface area contributed by atoms with Crippen LogP contribution < -0.4 is 15.7 Å². The molecule has 37 heavy (non-hydrogen) atoms. The standard InChI is InChI=1S/C27H31N5O4Si/c1-37(2,18-11-7-4-8-12-18)19-13-20(27(35)22(19)26(27,34)15-33)32-16-29-21-23(32)30-25(28)31-24(21)36-14-17-9-5-3-6-10-17/h3-12,16,19-20,22,33-35H,13-15H2,1-2H3,(H2,28,30,31)/t19-,20-,22+,26+,27+/m0/s1. The lowest BCUT2D eigenvalue weighted by Gasteiger charge is -2.35. The van der Waals surface area contributed by atoms with Crippen LogP contribution in [0.3, 0.4) is 0 Å². The number of aliphatic hydroxyl groups excluding tert-OH is 1. The van der Waals surface area contributed by atoms with Crippen LogP contribution in [0.1, 0.15) is 18.0 Å². The van der Waals surface area contributed by atoms with Crippen molar-refractivity contribution in [2.45, 2.75) is 48.9 Å². The zero-order chi connectivity index (χ0) is 26.0. The van der Waals surface area contributed by atoms with Gasteiger partial charge in [-0.3, -0.25) is 0 Å². The van der Waals surface area contributed by atoms with Crippen LogP contribution in [0, 0.1) is 5.92 Å². The van der Waals surface area contributed by atoms with E-state index in [1.165, 1.54) is 5.19 Å². The smallest absolute Gasteiger partial charge is 0.247 e. The van der Waals surface area contributed by atoms with Crippen molar-refractivity contribution in [1.29, 1.82) is 0 Å². The molecule has 9 nitrogen and oxygen atoms in total. The van der Waals surface area contributed by atoms with E-state index in [0.717, 1.165) is 5.56 Å². The van der Waals surface area contributed by atoms with Crippen LogP contribution in [-0.2, 0) is 6.61 Å². The van der Waals surface area contributed by atoms with Gasteiger partial charge < -0.3 is 30.4 Å². The lowest BCUT2D eigenvalue weighted by atomic mass is 10.0. The van der Waals surface area contributed by atoms with Crippen LogP contribution in [0.4, 0.5) is 5.95 Å². The monoisotopic (exact) mass is 517 g/mol. The average Bonchev–Trinajstić information content (AvgIpc) is 3.20. The molecule has 2 fully saturated rings. The fourth-order valence-electron chi connectivity index (χ4n) is 6.55. The summed E-state index contributed by atoms with van der Waals surface area (Å²) in [5.41, 5.74) is 4.81. The topological polar surface area (TPSA) is 140 Å². The van der Waals surface area contributed by atoms with Crippen molar-refractivity contribution in [2.75, 3.05) is 12.3 Å². The number of nitrogens with two attached hydrogens (primary N) is 1. The number of fused-ring (bicyclic) bond motifs is 2. The van der Waals surface area contributed by atoms with E-state index in [0.29, 0.717) is 17.6 Å². The summed E-state index contributed by atoms with van der Waals surface area (Å²) in [5.74, 6) is -0.166. The minimum Gasteiger partial charge on any atom is -0.471 e. The summed E-state index contributed by atoms with van der Waals surface area (Å²) in [6.45, 7) is 4.29. The maximum Gasteiger partial charge on any atom is 0.247 e. The minimum absolute atomic E-state index is 0.0208. The lowest BCUT2D eigenvalue weighted by Crippen LogP contribution is -2.48. The fourth-order valence-corrected chi connectivity index (χ4v) is 10.2. The molecule has 5 N–H and O–H groups in total. The van der Waals surface area contributed by atoms with Gasteiger partial charge in [0.25, 0.3) is 0 Å². The Morgan fingerprint density at radius 2 is 1.73 bits per heavy atom. The van der Waals surface area contributed by atoms with E-state index in [4.69, 9.17) is 10.5 Å². The van der Waals surface area contributed by atoms with Crippen molar-refractivity contribution < 1.29 is 20.1 Å². The molecule has 0 saturated heterocycles. The Labute approximate surface area is 215 Å². The van der Waals surface area contributed by atoms with Gasteiger partial charge in [0.2, 0.25) is 11.8 Å². The Morgan fingerprint density at radius 1 is 1.05 bits per heavy atom. The van der Waals surface area contributed by atoms with Crippen molar-refractivity contribution in [3.8, 4) is 5.88 Å². The van der Waals surface area contributed by atoms with Crippen LogP contribution in [-0.4, -0.2) is 60.7 Å². The third-order valence-electron chi connectivity index (χ3n) is 8.63. The zero-order valence-electron chi connectivity index (χ0n) is 20.8. The second kappa shape index (κ2) is 8.35. The summed E-state index contributed by atoms with van der Waals surface area (Å²) in [7, 11) is -2.16. The number of nitrogens with zero attached hydrogens (tertiary/aromatic N) is 4. The molecule has 0 radical (unpaired) electrons. The van der Waals surface area contributed by atoms with Gasteiger partial charge in [0, 0.05) is 5.92 Å². The summed E-state index contributed by atoms with van der Waals surface area (Å²) < 4.78 is 7.74. The maximum absolute atomic E-state index is 11.9. The molecular formula is C27H31N5O4Si. The number of imidazole rings is 1. The van der Waals surface area contributed by atoms with Gasteiger partial charge in [0.15, 0.2) is 11.2 Å². The number of ether oxygens (including phenoxy) is 1. The molecule has 4 aromatic rings. The number of hydrogen-bond acceptors (Lipinski definition) is 8. The summed E-state index contributed by atoms with van der Waals surface area (Å²) in [4.78, 5) is 13.2. The van der Waals surface area contributed by atoms with Crippen LogP contribution in [0.15, 0.2) is 67.0 Å². The third kappa shape index (κ3) is 3.43. The average molecular weight is 518 g/mol. The summed E-state index contributed by atoms with van der Waals surface area (Å²) >= 11 is 0. The van der Waals surface area contributed by atoms with Gasteiger partial charge in [-0.15, -0.1) is 0 Å². The van der Waals surface area contributed by atoms with E-state index in [1.54, 1.807) is 10.9 Å². The first-order valence-corrected chi connectivity index (χ1v) is 15.6. The Morgan fingerprint density at radius 3 is 2.41 bits per heavy atom. The largest absolute Gasteiger partial charge is 0.471 e. The maximum atomic E-state index is 11.9. The highest BCUT2D eigenvalue weighted by Gasteiger charge is 2.86. The molecule has 2 aliphatic carbocycles. The Bertz CT molecular complexity index is 1450. The molecule has 0 spiro atoms. The summed E-state index contributed by atoms with van der Waals surface area (Å²) in [6, 6.07) is 19.4. The van der Waals surface area contributed by atoms with Gasteiger partial charge in [-0.05, 0) is 17.5 Å². The molecule has 0 aliphatic heterocycles. The van der Waals surface area contributed by atoms with Crippen molar-refractivity contribution in [1.82, 2.24) is 19.5 Å². The molecule has 2 aromatic carbocycles. The number of aromatic nitrogens is 4. The molecule has 2 aliphatic rings. The van der Waals surface area contributed by atoms with E-state index in [1.807, 2.05) is 48.5 Å². The molecule has 192 valence electrons. The van der Waals surface area contributed by atoms with Gasteiger partial charge >= 0.3 is 0 Å². The molecule has 10 heteroatoms. The van der Waals surface area contributed by atoms with Crippen LogP contribution in [0.2, 0.25) is 18.6 Å². The normalized spacial score (nSPS) is 28.8. The van der Waals surface area contributed by atoms with Crippen LogP contribution in [0.25, 0.3) is 11.2 Å². The molecule has 2 heterocycles. The van der Waals surface area contributed by atoms with E-state index >= 15 is 0 Å². The quantitative estimate of drug-likeness (QED) is 0.273. The number of hydrogen-bond donors (Lipinski definition) is 4. The molecule has 2 saturated carbocycles. The second-order valence-corrected chi connectivity index (χ2v) is 15.6. The number of aliphatic hydroxyl groups is 3. The molecule has 0 bridgehead atoms. The third-order valence-corrected chi connectivity index (χ3v) is 12.9. The molecule has 0 unspecified atom stereocenters. The number of anilines is 1. The first-order chi connectivity index (χ1) is 17.7.